The lowest BCUT2D eigenvalue weighted by molar-refractivity contribution is -0.128. The molecule has 1 atom stereocenters. The SMILES string of the molecule is CC1(C)CN(Cc2ccc(Cl)c(C3COC3)c2)CCC1(O)c1ccc2ncc(N3CCC(=O)NC3=O)cc2c1F. The van der Waals surface area contributed by atoms with Gasteiger partial charge in [-0.05, 0) is 35.7 Å². The van der Waals surface area contributed by atoms with Crippen LogP contribution in [0.15, 0.2) is 42.6 Å². The largest absolute Gasteiger partial charge is 0.384 e. The average Bonchev–Trinajstić information content (AvgIpc) is 2.87. The molecule has 3 aliphatic heterocycles. The highest BCUT2D eigenvalue weighted by Gasteiger charge is 2.50. The van der Waals surface area contributed by atoms with Crippen LogP contribution in [0.1, 0.15) is 49.3 Å². The van der Waals surface area contributed by atoms with E-state index in [0.717, 1.165) is 16.1 Å². The third-order valence-electron chi connectivity index (χ3n) is 8.67. The molecule has 0 saturated carbocycles. The molecule has 0 aliphatic carbocycles. The molecule has 0 radical (unpaired) electrons. The second kappa shape index (κ2) is 10.1. The minimum absolute atomic E-state index is 0.156. The maximum absolute atomic E-state index is 16.2. The van der Waals surface area contributed by atoms with Gasteiger partial charge in [-0.1, -0.05) is 43.6 Å². The monoisotopic (exact) mass is 566 g/mol. The minimum Gasteiger partial charge on any atom is -0.384 e. The molecule has 3 saturated heterocycles. The molecule has 3 aliphatic rings. The fraction of sp³-hybridized carbons (Fsp3) is 0.433. The van der Waals surface area contributed by atoms with Gasteiger partial charge in [-0.25, -0.2) is 9.18 Å². The Bertz CT molecular complexity index is 1510. The number of carbonyl (C=O) groups excluding carboxylic acids is 2. The molecule has 6 rings (SSSR count). The molecule has 210 valence electrons. The Balaban J connectivity index is 1.25. The number of nitrogens with zero attached hydrogens (tertiary/aromatic N) is 3. The van der Waals surface area contributed by atoms with Crippen LogP contribution in [-0.4, -0.2) is 59.8 Å². The number of aliphatic hydroxyl groups is 1. The number of hydrogen-bond donors (Lipinski definition) is 2. The summed E-state index contributed by atoms with van der Waals surface area (Å²) in [7, 11) is 0. The molecule has 3 fully saturated rings. The summed E-state index contributed by atoms with van der Waals surface area (Å²) in [5.74, 6) is -0.564. The van der Waals surface area contributed by atoms with Gasteiger partial charge in [0.25, 0.3) is 0 Å². The standard InChI is InChI=1S/C30H32ClFN4O4/c1-29(2)17-35(14-18-3-5-24(31)21(11-18)19-15-40-16-19)10-8-30(29,39)23-4-6-25-22(27(23)32)12-20(13-33-25)36-9-7-26(37)34-28(36)38/h3-6,11-13,19,39H,7-10,14-17H2,1-2H3,(H,34,37,38). The number of benzene rings is 2. The van der Waals surface area contributed by atoms with Gasteiger partial charge in [0, 0.05) is 59.9 Å². The number of ether oxygens (including phenoxy) is 1. The van der Waals surface area contributed by atoms with Gasteiger partial charge in [-0.15, -0.1) is 0 Å². The van der Waals surface area contributed by atoms with Crippen molar-refractivity contribution < 1.29 is 23.8 Å². The van der Waals surface area contributed by atoms with Crippen LogP contribution in [0, 0.1) is 11.2 Å². The number of nitrogens with one attached hydrogen (secondary N) is 1. The first-order valence-electron chi connectivity index (χ1n) is 13.6. The van der Waals surface area contributed by atoms with Crippen molar-refractivity contribution in [2.24, 2.45) is 5.41 Å². The molecule has 3 aromatic rings. The molecule has 4 heterocycles. The van der Waals surface area contributed by atoms with Gasteiger partial charge in [0.2, 0.25) is 5.91 Å². The van der Waals surface area contributed by atoms with Crippen LogP contribution in [0.2, 0.25) is 5.02 Å². The number of hydrogen-bond acceptors (Lipinski definition) is 6. The highest BCUT2D eigenvalue weighted by molar-refractivity contribution is 6.31. The number of aromatic nitrogens is 1. The lowest BCUT2D eigenvalue weighted by Gasteiger charge is -2.50. The van der Waals surface area contributed by atoms with Gasteiger partial charge in [-0.3, -0.25) is 24.9 Å². The molecule has 10 heteroatoms. The summed E-state index contributed by atoms with van der Waals surface area (Å²) >= 11 is 6.44. The summed E-state index contributed by atoms with van der Waals surface area (Å²) in [5.41, 5.74) is 1.21. The molecule has 1 aromatic heterocycles. The zero-order chi connectivity index (χ0) is 28.2. The Kier molecular flexibility index (Phi) is 6.81. The summed E-state index contributed by atoms with van der Waals surface area (Å²) in [6.07, 6.45) is 2.00. The fourth-order valence-electron chi connectivity index (χ4n) is 6.17. The van der Waals surface area contributed by atoms with Gasteiger partial charge < -0.3 is 9.84 Å². The Hall–Kier alpha value is -3.11. The van der Waals surface area contributed by atoms with Crippen LogP contribution in [-0.2, 0) is 21.7 Å². The lowest BCUT2D eigenvalue weighted by atomic mass is 9.66. The number of rotatable bonds is 5. The molecular formula is C30H32ClFN4O4. The van der Waals surface area contributed by atoms with Crippen molar-refractivity contribution in [2.75, 3.05) is 37.7 Å². The Morgan fingerprint density at radius 3 is 2.67 bits per heavy atom. The van der Waals surface area contributed by atoms with E-state index < -0.39 is 22.9 Å². The molecule has 3 amide bonds. The van der Waals surface area contributed by atoms with Crippen molar-refractivity contribution >= 4 is 40.1 Å². The van der Waals surface area contributed by atoms with E-state index in [1.807, 2.05) is 26.0 Å². The highest BCUT2D eigenvalue weighted by atomic mass is 35.5. The van der Waals surface area contributed by atoms with E-state index in [9.17, 15) is 14.7 Å². The number of amides is 3. The fourth-order valence-corrected chi connectivity index (χ4v) is 6.44. The molecule has 2 N–H and O–H groups in total. The second-order valence-electron chi connectivity index (χ2n) is 11.7. The maximum atomic E-state index is 16.2. The third kappa shape index (κ3) is 4.64. The summed E-state index contributed by atoms with van der Waals surface area (Å²) in [6, 6.07) is 10.5. The van der Waals surface area contributed by atoms with Crippen molar-refractivity contribution in [1.82, 2.24) is 15.2 Å². The van der Waals surface area contributed by atoms with Gasteiger partial charge in [0.15, 0.2) is 0 Å². The summed E-state index contributed by atoms with van der Waals surface area (Å²) in [5, 5.41) is 15.3. The van der Waals surface area contributed by atoms with Crippen molar-refractivity contribution in [3.05, 3.63) is 70.1 Å². The van der Waals surface area contributed by atoms with Gasteiger partial charge in [-0.2, -0.15) is 0 Å². The van der Waals surface area contributed by atoms with E-state index in [-0.39, 0.29) is 29.8 Å². The highest BCUT2D eigenvalue weighted by Crippen LogP contribution is 2.48. The summed E-state index contributed by atoms with van der Waals surface area (Å²) in [4.78, 5) is 31.9. The van der Waals surface area contributed by atoms with E-state index in [2.05, 4.69) is 21.3 Å². The smallest absolute Gasteiger partial charge is 0.328 e. The zero-order valence-corrected chi connectivity index (χ0v) is 23.3. The van der Waals surface area contributed by atoms with Crippen molar-refractivity contribution in [2.45, 2.75) is 44.8 Å². The third-order valence-corrected chi connectivity index (χ3v) is 9.01. The number of fused-ring (bicyclic) bond motifs is 1. The quantitative estimate of drug-likeness (QED) is 0.465. The minimum atomic E-state index is -1.42. The van der Waals surface area contributed by atoms with Crippen LogP contribution >= 0.6 is 11.6 Å². The zero-order valence-electron chi connectivity index (χ0n) is 22.5. The molecule has 2 aromatic carbocycles. The van der Waals surface area contributed by atoms with E-state index in [1.165, 1.54) is 11.1 Å². The number of carbonyl (C=O) groups is 2. The lowest BCUT2D eigenvalue weighted by Crippen LogP contribution is -2.55. The van der Waals surface area contributed by atoms with E-state index in [1.54, 1.807) is 18.2 Å². The van der Waals surface area contributed by atoms with Crippen LogP contribution in [0.5, 0.6) is 0 Å². The Morgan fingerprint density at radius 1 is 1.18 bits per heavy atom. The first-order chi connectivity index (χ1) is 19.1. The van der Waals surface area contributed by atoms with Crippen molar-refractivity contribution in [3.63, 3.8) is 0 Å². The second-order valence-corrected chi connectivity index (χ2v) is 12.1. The van der Waals surface area contributed by atoms with Crippen LogP contribution in [0.25, 0.3) is 10.9 Å². The first-order valence-corrected chi connectivity index (χ1v) is 13.9. The average molecular weight is 567 g/mol. The molecule has 8 nitrogen and oxygen atoms in total. The predicted octanol–water partition coefficient (Wildman–Crippen LogP) is 4.71. The van der Waals surface area contributed by atoms with Crippen LogP contribution in [0.4, 0.5) is 14.9 Å². The molecule has 1 unspecified atom stereocenters. The number of halogens is 2. The van der Waals surface area contributed by atoms with E-state index >= 15 is 4.39 Å². The molecule has 40 heavy (non-hydrogen) atoms. The topological polar surface area (TPSA) is 95.0 Å². The van der Waals surface area contributed by atoms with E-state index in [0.29, 0.717) is 56.4 Å². The number of pyridine rings is 1. The van der Waals surface area contributed by atoms with Crippen LogP contribution < -0.4 is 10.2 Å². The predicted molar refractivity (Wildman–Crippen MR) is 150 cm³/mol. The molecule has 0 spiro atoms. The summed E-state index contributed by atoms with van der Waals surface area (Å²) in [6.45, 7) is 7.34. The molecule has 0 bridgehead atoms. The van der Waals surface area contributed by atoms with E-state index in [4.69, 9.17) is 16.3 Å². The van der Waals surface area contributed by atoms with Gasteiger partial charge in [0.1, 0.15) is 5.82 Å². The van der Waals surface area contributed by atoms with Crippen molar-refractivity contribution in [1.29, 1.82) is 0 Å². The Labute approximate surface area is 237 Å². The van der Waals surface area contributed by atoms with Crippen LogP contribution in [0.3, 0.4) is 0 Å². The first kappa shape index (κ1) is 27.1. The van der Waals surface area contributed by atoms with Crippen molar-refractivity contribution in [3.8, 4) is 0 Å². The normalized spacial score (nSPS) is 23.8. The van der Waals surface area contributed by atoms with Gasteiger partial charge in [0.05, 0.1) is 36.2 Å². The maximum Gasteiger partial charge on any atom is 0.328 e. The Morgan fingerprint density at radius 2 is 1.98 bits per heavy atom. The number of anilines is 1. The number of imide groups is 1. The molecular weight excluding hydrogens is 535 g/mol. The summed E-state index contributed by atoms with van der Waals surface area (Å²) < 4.78 is 21.5. The number of urea groups is 1. The van der Waals surface area contributed by atoms with Gasteiger partial charge >= 0.3 is 6.03 Å². The number of piperidine rings is 1. The number of likely N-dealkylation sites (tertiary alicyclic amines) is 1.